The van der Waals surface area contributed by atoms with E-state index in [0.717, 1.165) is 0 Å². The number of hydrogen-bond acceptors (Lipinski definition) is 7. The van der Waals surface area contributed by atoms with Gasteiger partial charge in [-0.1, -0.05) is 0 Å². The van der Waals surface area contributed by atoms with Gasteiger partial charge in [0, 0.05) is 10.4 Å². The molecule has 1 radical (unpaired) electrons. The average Bonchev–Trinajstić information content (AvgIpc) is 1.12. The molecule has 0 aromatic heterocycles. The molecule has 12 heteroatoms. The van der Waals surface area contributed by atoms with Gasteiger partial charge < -0.3 is 13.7 Å². The maximum Gasteiger partial charge on any atom is 2.00 e. The van der Waals surface area contributed by atoms with Crippen molar-refractivity contribution in [1.82, 2.24) is 0 Å². The molecule has 69 valence electrons. The van der Waals surface area contributed by atoms with Crippen LogP contribution in [0.15, 0.2) is 0 Å². The first-order valence-electron chi connectivity index (χ1n) is 1.35. The van der Waals surface area contributed by atoms with E-state index in [1.807, 2.05) is 0 Å². The second kappa shape index (κ2) is 9.45. The third kappa shape index (κ3) is 393. The quantitative estimate of drug-likeness (QED) is 0.263. The predicted molar refractivity (Wildman–Crippen MR) is 22.8 cm³/mol. The van der Waals surface area contributed by atoms with Crippen molar-refractivity contribution in [2.75, 3.05) is 0 Å². The summed E-state index contributed by atoms with van der Waals surface area (Å²) in [5.74, 6) is 0. The smallest absolute Gasteiger partial charge is 0.759 e. The second-order valence-electron chi connectivity index (χ2n) is 0.836. The molecule has 0 unspecified atom stereocenters. The average molecular weight is 287 g/mol. The summed E-state index contributed by atoms with van der Waals surface area (Å²) < 4.78 is 66.9. The van der Waals surface area contributed by atoms with Gasteiger partial charge in [-0.15, -0.1) is 0 Å². The van der Waals surface area contributed by atoms with Crippen LogP contribution in [0.2, 0.25) is 0 Å². The van der Waals surface area contributed by atoms with Gasteiger partial charge >= 0.3 is 68.5 Å². The molecular weight excluding hydrogens is 286 g/mol. The molecule has 0 aliphatic heterocycles. The maximum absolute atomic E-state index is 8.63. The Labute approximate surface area is 122 Å². The van der Waals surface area contributed by atoms with Crippen LogP contribution in [-0.2, 0) is 37.9 Å². The molecular formula is HKMnO8S2. The summed E-state index contributed by atoms with van der Waals surface area (Å²) in [5, 5.41) is 0. The van der Waals surface area contributed by atoms with E-state index in [4.69, 9.17) is 35.0 Å². The van der Waals surface area contributed by atoms with Crippen LogP contribution in [-0.4, -0.2) is 35.0 Å². The van der Waals surface area contributed by atoms with Crippen LogP contribution in [0.4, 0.5) is 0 Å². The summed E-state index contributed by atoms with van der Waals surface area (Å²) in [7, 11) is -10.1. The molecule has 0 aliphatic rings. The summed E-state index contributed by atoms with van der Waals surface area (Å²) in [5.41, 5.74) is 0. The van der Waals surface area contributed by atoms with Crippen LogP contribution in [0.25, 0.3) is 0 Å². The number of hydrogen-bond donors (Lipinski definition) is 1. The molecule has 0 aromatic rings. The minimum atomic E-state index is -5.17. The van der Waals surface area contributed by atoms with Crippen LogP contribution < -0.4 is 51.4 Å². The molecule has 0 fully saturated rings. The van der Waals surface area contributed by atoms with Crippen LogP contribution in [0.3, 0.4) is 0 Å². The normalized spacial score (nSPS) is 9.67. The Hall–Kier alpha value is 1.90. The summed E-state index contributed by atoms with van der Waals surface area (Å²) in [6.45, 7) is 0. The van der Waals surface area contributed by atoms with Gasteiger partial charge in [-0.2, -0.15) is 0 Å². The van der Waals surface area contributed by atoms with Crippen molar-refractivity contribution >= 4 is 20.8 Å². The summed E-state index contributed by atoms with van der Waals surface area (Å²) in [4.78, 5) is 0. The van der Waals surface area contributed by atoms with E-state index in [0.29, 0.717) is 0 Å². The molecule has 0 heterocycles. The van der Waals surface area contributed by atoms with E-state index in [2.05, 4.69) is 0 Å². The van der Waals surface area contributed by atoms with Crippen molar-refractivity contribution < 1.29 is 103 Å². The molecule has 0 amide bonds. The third-order valence-corrected chi connectivity index (χ3v) is 0. The van der Waals surface area contributed by atoms with Crippen LogP contribution in [0.5, 0.6) is 0 Å². The Morgan fingerprint density at radius 1 is 0.917 bits per heavy atom. The van der Waals surface area contributed by atoms with Gasteiger partial charge in [0.25, 0.3) is 0 Å². The molecule has 1 N–H and O–H groups in total. The minimum Gasteiger partial charge on any atom is -0.759 e. The zero-order chi connectivity index (χ0) is 9.00. The Morgan fingerprint density at radius 2 is 0.917 bits per heavy atom. The van der Waals surface area contributed by atoms with E-state index in [9.17, 15) is 0 Å². The monoisotopic (exact) mass is 287 g/mol. The fraction of sp³-hybridized carbons (Fsp3) is 0. The predicted octanol–water partition coefficient (Wildman–Crippen LogP) is -5.33. The van der Waals surface area contributed by atoms with Crippen molar-refractivity contribution in [2.45, 2.75) is 0 Å². The Balaban J connectivity index is -0.0000000457. The SMILES string of the molecule is O=S(=O)([O-])O.O=S(=O)([O-])[O-].[K+].[Mn+2]. The van der Waals surface area contributed by atoms with E-state index < -0.39 is 20.8 Å². The second-order valence-corrected chi connectivity index (χ2v) is 2.51. The standard InChI is InChI=1S/K.Mn.2H2O4S/c;;2*1-5(2,3)4/h;;2*(H2,1,2,3,4)/q+1;+2;;/p-3. The summed E-state index contributed by atoms with van der Waals surface area (Å²) >= 11 is 0. The van der Waals surface area contributed by atoms with Crippen molar-refractivity contribution in [3.63, 3.8) is 0 Å². The van der Waals surface area contributed by atoms with Gasteiger partial charge in [-0.25, -0.2) is 8.42 Å². The third-order valence-electron chi connectivity index (χ3n) is 0. The molecule has 0 aliphatic carbocycles. The van der Waals surface area contributed by atoms with E-state index in [-0.39, 0.29) is 68.5 Å². The molecule has 0 atom stereocenters. The summed E-state index contributed by atoms with van der Waals surface area (Å²) in [6, 6.07) is 0. The van der Waals surface area contributed by atoms with Gasteiger partial charge in [-0.3, -0.25) is 13.0 Å². The van der Waals surface area contributed by atoms with Crippen molar-refractivity contribution in [3.8, 4) is 0 Å². The van der Waals surface area contributed by atoms with Crippen LogP contribution in [0.1, 0.15) is 0 Å². The van der Waals surface area contributed by atoms with Gasteiger partial charge in [-0.05, 0) is 0 Å². The fourth-order valence-corrected chi connectivity index (χ4v) is 0. The Bertz CT molecular complexity index is 213. The van der Waals surface area contributed by atoms with Crippen LogP contribution in [0, 0.1) is 0 Å². The molecule has 0 bridgehead atoms. The first kappa shape index (κ1) is 23.6. The molecule has 0 spiro atoms. The zero-order valence-electron chi connectivity index (χ0n) is 5.50. The van der Waals surface area contributed by atoms with Crippen molar-refractivity contribution in [1.29, 1.82) is 0 Å². The minimum absolute atomic E-state index is 0. The van der Waals surface area contributed by atoms with Crippen LogP contribution >= 0.6 is 0 Å². The maximum atomic E-state index is 8.63. The zero-order valence-corrected chi connectivity index (χ0v) is 11.4. The molecule has 8 nitrogen and oxygen atoms in total. The first-order chi connectivity index (χ1) is 4.00. The van der Waals surface area contributed by atoms with E-state index >= 15 is 0 Å². The fourth-order valence-electron chi connectivity index (χ4n) is 0. The molecule has 12 heavy (non-hydrogen) atoms. The van der Waals surface area contributed by atoms with Crippen molar-refractivity contribution in [2.24, 2.45) is 0 Å². The van der Waals surface area contributed by atoms with Crippen molar-refractivity contribution in [3.05, 3.63) is 0 Å². The first-order valence-corrected chi connectivity index (χ1v) is 4.05. The molecule has 0 saturated heterocycles. The van der Waals surface area contributed by atoms with E-state index in [1.165, 1.54) is 0 Å². The van der Waals surface area contributed by atoms with Gasteiger partial charge in [0.15, 0.2) is 0 Å². The summed E-state index contributed by atoms with van der Waals surface area (Å²) in [6.07, 6.45) is 0. The van der Waals surface area contributed by atoms with Gasteiger partial charge in [0.1, 0.15) is 0 Å². The topological polar surface area (TPSA) is 158 Å². The van der Waals surface area contributed by atoms with E-state index in [1.54, 1.807) is 0 Å². The molecule has 0 saturated carbocycles. The largest absolute Gasteiger partial charge is 2.00 e. The Kier molecular flexibility index (Phi) is 18.6. The molecule has 0 rings (SSSR count). The van der Waals surface area contributed by atoms with Gasteiger partial charge in [0.2, 0.25) is 10.4 Å². The number of rotatable bonds is 0. The Morgan fingerprint density at radius 3 is 0.917 bits per heavy atom. The van der Waals surface area contributed by atoms with Gasteiger partial charge in [0.05, 0.1) is 0 Å². The molecule has 0 aromatic carbocycles.